The van der Waals surface area contributed by atoms with E-state index in [0.717, 1.165) is 35.7 Å². The van der Waals surface area contributed by atoms with Crippen molar-refractivity contribution >= 4 is 11.3 Å². The molecular weight excluding hydrogens is 268 g/mol. The van der Waals surface area contributed by atoms with Crippen LogP contribution in [0.2, 0.25) is 0 Å². The van der Waals surface area contributed by atoms with Gasteiger partial charge in [0.15, 0.2) is 0 Å². The minimum atomic E-state index is 0.253. The van der Waals surface area contributed by atoms with Gasteiger partial charge in [-0.2, -0.15) is 0 Å². The van der Waals surface area contributed by atoms with E-state index in [1.54, 1.807) is 11.3 Å². The van der Waals surface area contributed by atoms with Crippen molar-refractivity contribution < 1.29 is 4.74 Å². The van der Waals surface area contributed by atoms with E-state index in [0.29, 0.717) is 6.61 Å². The third kappa shape index (κ3) is 4.62. The van der Waals surface area contributed by atoms with E-state index in [4.69, 9.17) is 10.5 Å². The lowest BCUT2D eigenvalue weighted by molar-refractivity contribution is 0.302. The molecule has 0 radical (unpaired) electrons. The van der Waals surface area contributed by atoms with Crippen LogP contribution in [0.15, 0.2) is 29.6 Å². The van der Waals surface area contributed by atoms with Crippen molar-refractivity contribution in [3.05, 3.63) is 45.9 Å². The number of hydrogen-bond donors (Lipinski definition) is 1. The molecule has 4 heteroatoms. The molecule has 1 heterocycles. The highest BCUT2D eigenvalue weighted by Crippen LogP contribution is 2.17. The summed E-state index contributed by atoms with van der Waals surface area (Å²) in [6, 6.07) is 8.50. The van der Waals surface area contributed by atoms with Gasteiger partial charge in [-0.15, -0.1) is 11.3 Å². The molecule has 0 aliphatic heterocycles. The van der Waals surface area contributed by atoms with Crippen LogP contribution in [-0.4, -0.2) is 11.0 Å². The molecule has 0 aliphatic rings. The predicted molar refractivity (Wildman–Crippen MR) is 84.2 cm³/mol. The first kappa shape index (κ1) is 15.0. The van der Waals surface area contributed by atoms with Gasteiger partial charge in [-0.1, -0.05) is 19.1 Å². The quantitative estimate of drug-likeness (QED) is 0.848. The molecule has 0 saturated carbocycles. The van der Waals surface area contributed by atoms with Crippen LogP contribution in [0.3, 0.4) is 0 Å². The number of nitrogens with two attached hydrogens (primary N) is 1. The third-order valence-corrected chi connectivity index (χ3v) is 4.14. The summed E-state index contributed by atoms with van der Waals surface area (Å²) >= 11 is 1.69. The van der Waals surface area contributed by atoms with Gasteiger partial charge in [-0.3, -0.25) is 0 Å². The zero-order valence-electron chi connectivity index (χ0n) is 12.1. The molecule has 2 rings (SSSR count). The summed E-state index contributed by atoms with van der Waals surface area (Å²) in [5.74, 6) is 0.889. The molecule has 20 heavy (non-hydrogen) atoms. The fourth-order valence-electron chi connectivity index (χ4n) is 1.88. The molecular formula is C16H22N2OS. The fraction of sp³-hybridized carbons (Fsp3) is 0.438. The number of benzene rings is 1. The van der Waals surface area contributed by atoms with Gasteiger partial charge in [0.1, 0.15) is 12.4 Å². The number of ether oxygens (including phenoxy) is 1. The molecule has 2 aromatic rings. The lowest BCUT2D eigenvalue weighted by Crippen LogP contribution is -2.15. The number of nitrogens with zero attached hydrogens (tertiary/aromatic N) is 1. The van der Waals surface area contributed by atoms with E-state index in [2.05, 4.69) is 29.4 Å². The van der Waals surface area contributed by atoms with Crippen molar-refractivity contribution in [1.82, 2.24) is 4.98 Å². The molecule has 0 fully saturated rings. The van der Waals surface area contributed by atoms with Crippen LogP contribution in [0.4, 0.5) is 0 Å². The maximum absolute atomic E-state index is 5.77. The molecule has 1 aromatic carbocycles. The number of aromatic nitrogens is 1. The Bertz CT molecular complexity index is 520. The largest absolute Gasteiger partial charge is 0.487 e. The second-order valence-corrected chi connectivity index (χ2v) is 5.98. The lowest BCUT2D eigenvalue weighted by Gasteiger charge is -2.07. The van der Waals surface area contributed by atoms with Gasteiger partial charge >= 0.3 is 0 Å². The molecule has 3 nitrogen and oxygen atoms in total. The standard InChI is InChI=1S/C16H22N2OS/c1-3-16-18-14(11-20-16)10-19-15-8-6-13(7-9-15)5-4-12(2)17/h6-9,11-12H,3-5,10,17H2,1-2H3. The molecule has 1 aromatic heterocycles. The van der Waals surface area contributed by atoms with Crippen molar-refractivity contribution in [2.24, 2.45) is 5.73 Å². The second-order valence-electron chi connectivity index (χ2n) is 5.03. The van der Waals surface area contributed by atoms with Gasteiger partial charge in [0, 0.05) is 11.4 Å². The Morgan fingerprint density at radius 1 is 1.30 bits per heavy atom. The van der Waals surface area contributed by atoms with E-state index in [9.17, 15) is 0 Å². The summed E-state index contributed by atoms with van der Waals surface area (Å²) in [5, 5.41) is 3.23. The Kier molecular flexibility index (Phi) is 5.56. The van der Waals surface area contributed by atoms with Crippen LogP contribution in [0, 0.1) is 0 Å². The van der Waals surface area contributed by atoms with Gasteiger partial charge in [-0.25, -0.2) is 4.98 Å². The Labute approximate surface area is 124 Å². The number of thiazole rings is 1. The first-order valence-corrected chi connectivity index (χ1v) is 7.96. The van der Waals surface area contributed by atoms with Crippen molar-refractivity contribution in [1.29, 1.82) is 0 Å². The lowest BCUT2D eigenvalue weighted by atomic mass is 10.1. The van der Waals surface area contributed by atoms with Gasteiger partial charge in [0.05, 0.1) is 10.7 Å². The van der Waals surface area contributed by atoms with Crippen LogP contribution in [-0.2, 0) is 19.4 Å². The van der Waals surface area contributed by atoms with Crippen molar-refractivity contribution in [3.8, 4) is 5.75 Å². The van der Waals surface area contributed by atoms with Gasteiger partial charge < -0.3 is 10.5 Å². The van der Waals surface area contributed by atoms with Crippen molar-refractivity contribution in [3.63, 3.8) is 0 Å². The fourth-order valence-corrected chi connectivity index (χ4v) is 2.61. The van der Waals surface area contributed by atoms with Crippen LogP contribution >= 0.6 is 11.3 Å². The summed E-state index contributed by atoms with van der Waals surface area (Å²) in [6.45, 7) is 4.69. The molecule has 1 unspecified atom stereocenters. The molecule has 0 spiro atoms. The SMILES string of the molecule is CCc1nc(COc2ccc(CCC(C)N)cc2)cs1. The Morgan fingerprint density at radius 3 is 2.65 bits per heavy atom. The second kappa shape index (κ2) is 7.41. The number of rotatable bonds is 7. The van der Waals surface area contributed by atoms with Gasteiger partial charge in [-0.05, 0) is 43.9 Å². The average molecular weight is 290 g/mol. The Morgan fingerprint density at radius 2 is 2.05 bits per heavy atom. The summed E-state index contributed by atoms with van der Waals surface area (Å²) in [4.78, 5) is 4.49. The number of hydrogen-bond acceptors (Lipinski definition) is 4. The molecule has 0 amide bonds. The highest BCUT2D eigenvalue weighted by molar-refractivity contribution is 7.09. The summed E-state index contributed by atoms with van der Waals surface area (Å²) in [7, 11) is 0. The van der Waals surface area contributed by atoms with Crippen LogP contribution in [0.1, 0.15) is 36.5 Å². The smallest absolute Gasteiger partial charge is 0.131 e. The highest BCUT2D eigenvalue weighted by Gasteiger charge is 2.02. The van der Waals surface area contributed by atoms with Crippen molar-refractivity contribution in [2.75, 3.05) is 0 Å². The van der Waals surface area contributed by atoms with Crippen LogP contribution < -0.4 is 10.5 Å². The molecule has 0 bridgehead atoms. The van der Waals surface area contributed by atoms with Crippen molar-refractivity contribution in [2.45, 2.75) is 45.8 Å². The van der Waals surface area contributed by atoms with Gasteiger partial charge in [0.25, 0.3) is 0 Å². The Hall–Kier alpha value is -1.39. The molecule has 2 N–H and O–H groups in total. The zero-order valence-corrected chi connectivity index (χ0v) is 13.0. The Balaban J connectivity index is 1.84. The first-order valence-electron chi connectivity index (χ1n) is 7.08. The minimum Gasteiger partial charge on any atom is -0.487 e. The van der Waals surface area contributed by atoms with E-state index in [-0.39, 0.29) is 6.04 Å². The highest BCUT2D eigenvalue weighted by atomic mass is 32.1. The monoisotopic (exact) mass is 290 g/mol. The molecule has 0 saturated heterocycles. The van der Waals surface area contributed by atoms with Crippen LogP contribution in [0.25, 0.3) is 0 Å². The molecule has 108 valence electrons. The summed E-state index contributed by atoms with van der Waals surface area (Å²) in [5.41, 5.74) is 8.07. The number of aryl methyl sites for hydroxylation is 2. The summed E-state index contributed by atoms with van der Waals surface area (Å²) < 4.78 is 5.75. The predicted octanol–water partition coefficient (Wildman–Crippen LogP) is 3.56. The van der Waals surface area contributed by atoms with E-state index in [1.165, 1.54) is 5.56 Å². The summed E-state index contributed by atoms with van der Waals surface area (Å²) in [6.07, 6.45) is 3.02. The molecule has 0 aliphatic carbocycles. The average Bonchev–Trinajstić information content (AvgIpc) is 2.92. The maximum Gasteiger partial charge on any atom is 0.131 e. The van der Waals surface area contributed by atoms with E-state index < -0.39 is 0 Å². The normalized spacial score (nSPS) is 12.3. The minimum absolute atomic E-state index is 0.253. The first-order chi connectivity index (χ1) is 9.67. The van der Waals surface area contributed by atoms with E-state index in [1.807, 2.05) is 19.1 Å². The van der Waals surface area contributed by atoms with E-state index >= 15 is 0 Å². The maximum atomic E-state index is 5.77. The third-order valence-electron chi connectivity index (χ3n) is 3.10. The zero-order chi connectivity index (χ0) is 14.4. The molecule has 1 atom stereocenters. The van der Waals surface area contributed by atoms with Gasteiger partial charge in [0.2, 0.25) is 0 Å². The topological polar surface area (TPSA) is 48.1 Å². The van der Waals surface area contributed by atoms with Crippen LogP contribution in [0.5, 0.6) is 5.75 Å².